The first-order chi connectivity index (χ1) is 7.26. The van der Waals surface area contributed by atoms with Crippen LogP contribution in [-0.4, -0.2) is 22.6 Å². The van der Waals surface area contributed by atoms with Crippen molar-refractivity contribution in [2.24, 2.45) is 5.92 Å². The van der Waals surface area contributed by atoms with Crippen molar-refractivity contribution in [3.63, 3.8) is 0 Å². The lowest BCUT2D eigenvalue weighted by Gasteiger charge is -2.27. The highest BCUT2D eigenvalue weighted by Crippen LogP contribution is 2.22. The lowest BCUT2D eigenvalue weighted by atomic mass is 9.93. The normalized spacial score (nSPS) is 13.8. The third-order valence-electron chi connectivity index (χ3n) is 2.28. The number of hydrogen-bond acceptors (Lipinski definition) is 3. The van der Waals surface area contributed by atoms with Crippen molar-refractivity contribution < 1.29 is 19.4 Å². The second-order valence-corrected chi connectivity index (χ2v) is 4.57. The topological polar surface area (TPSA) is 63.6 Å². The van der Waals surface area contributed by atoms with Crippen molar-refractivity contribution in [3.05, 3.63) is 12.2 Å². The molecule has 0 aromatic carbocycles. The molecule has 0 saturated heterocycles. The first-order valence-corrected chi connectivity index (χ1v) is 5.41. The minimum absolute atomic E-state index is 0.464. The molecule has 4 nitrogen and oxygen atoms in total. The van der Waals surface area contributed by atoms with Gasteiger partial charge in [-0.05, 0) is 26.2 Å². The summed E-state index contributed by atoms with van der Waals surface area (Å²) in [5.41, 5.74) is -0.560. The summed E-state index contributed by atoms with van der Waals surface area (Å²) in [7, 11) is 0. The zero-order valence-corrected chi connectivity index (χ0v) is 10.3. The van der Waals surface area contributed by atoms with Crippen molar-refractivity contribution in [1.29, 1.82) is 0 Å². The predicted octanol–water partition coefficient (Wildman–Crippen LogP) is 2.39. The molecule has 4 heteroatoms. The van der Waals surface area contributed by atoms with Gasteiger partial charge in [0.15, 0.2) is 0 Å². The van der Waals surface area contributed by atoms with Crippen molar-refractivity contribution in [1.82, 2.24) is 0 Å². The molecule has 92 valence electrons. The third kappa shape index (κ3) is 7.04. The van der Waals surface area contributed by atoms with E-state index in [2.05, 4.69) is 13.8 Å². The Labute approximate surface area is 96.3 Å². The zero-order chi connectivity index (χ0) is 12.8. The Bertz CT molecular complexity index is 279. The van der Waals surface area contributed by atoms with Gasteiger partial charge in [0.25, 0.3) is 0 Å². The molecule has 0 fully saturated rings. The Morgan fingerprint density at radius 1 is 1.38 bits per heavy atom. The van der Waals surface area contributed by atoms with Gasteiger partial charge in [-0.25, -0.2) is 9.59 Å². The lowest BCUT2D eigenvalue weighted by Crippen LogP contribution is -2.29. The van der Waals surface area contributed by atoms with E-state index in [-0.39, 0.29) is 0 Å². The molecule has 0 aliphatic heterocycles. The number of rotatable bonds is 6. The van der Waals surface area contributed by atoms with Crippen molar-refractivity contribution in [2.75, 3.05) is 0 Å². The number of esters is 1. The summed E-state index contributed by atoms with van der Waals surface area (Å²) in [6.45, 7) is 7.81. The van der Waals surface area contributed by atoms with Gasteiger partial charge in [0, 0.05) is 12.2 Å². The molecule has 0 bridgehead atoms. The fourth-order valence-electron chi connectivity index (χ4n) is 1.47. The van der Waals surface area contributed by atoms with E-state index < -0.39 is 17.5 Å². The van der Waals surface area contributed by atoms with Crippen LogP contribution in [-0.2, 0) is 14.3 Å². The summed E-state index contributed by atoms with van der Waals surface area (Å²) >= 11 is 0. The van der Waals surface area contributed by atoms with Gasteiger partial charge in [-0.15, -0.1) is 0 Å². The highest BCUT2D eigenvalue weighted by molar-refractivity contribution is 5.90. The predicted molar refractivity (Wildman–Crippen MR) is 61.0 cm³/mol. The third-order valence-corrected chi connectivity index (χ3v) is 2.28. The average Bonchev–Trinajstić information content (AvgIpc) is 2.13. The van der Waals surface area contributed by atoms with Crippen LogP contribution in [0.1, 0.15) is 40.5 Å². The van der Waals surface area contributed by atoms with Gasteiger partial charge in [0.2, 0.25) is 0 Å². The van der Waals surface area contributed by atoms with Gasteiger partial charge in [-0.2, -0.15) is 0 Å². The minimum atomic E-state index is -1.16. The standard InChI is InChI=1S/C12H20O4/c1-5-9(2)8-12(3,4)16-11(15)7-6-10(13)14/h6-7,9H,5,8H2,1-4H3,(H,13,14)/b7-6-. The second kappa shape index (κ2) is 6.30. The van der Waals surface area contributed by atoms with Crippen LogP contribution in [0.25, 0.3) is 0 Å². The van der Waals surface area contributed by atoms with Crippen LogP contribution >= 0.6 is 0 Å². The van der Waals surface area contributed by atoms with E-state index in [0.717, 1.165) is 25.0 Å². The Kier molecular flexibility index (Phi) is 5.78. The Balaban J connectivity index is 4.25. The smallest absolute Gasteiger partial charge is 0.331 e. The van der Waals surface area contributed by atoms with Gasteiger partial charge in [-0.3, -0.25) is 0 Å². The van der Waals surface area contributed by atoms with E-state index in [9.17, 15) is 9.59 Å². The highest BCUT2D eigenvalue weighted by Gasteiger charge is 2.23. The maximum atomic E-state index is 11.3. The van der Waals surface area contributed by atoms with Gasteiger partial charge in [-0.1, -0.05) is 20.3 Å². The molecule has 0 saturated carbocycles. The lowest BCUT2D eigenvalue weighted by molar-refractivity contribution is -0.152. The summed E-state index contributed by atoms with van der Waals surface area (Å²) in [5.74, 6) is -1.31. The molecule has 0 aromatic rings. The molecule has 1 atom stereocenters. The summed E-state index contributed by atoms with van der Waals surface area (Å²) < 4.78 is 5.17. The van der Waals surface area contributed by atoms with Crippen LogP contribution in [0.2, 0.25) is 0 Å². The number of ether oxygens (including phenoxy) is 1. The first-order valence-electron chi connectivity index (χ1n) is 5.41. The van der Waals surface area contributed by atoms with E-state index in [4.69, 9.17) is 9.84 Å². The molecule has 0 radical (unpaired) electrons. The number of aliphatic carboxylic acids is 1. The van der Waals surface area contributed by atoms with E-state index in [1.807, 2.05) is 13.8 Å². The molecule has 0 spiro atoms. The summed E-state index contributed by atoms with van der Waals surface area (Å²) in [6.07, 6.45) is 3.49. The molecule has 0 heterocycles. The van der Waals surface area contributed by atoms with Crippen LogP contribution < -0.4 is 0 Å². The Hall–Kier alpha value is -1.32. The number of carboxylic acid groups (broad SMARTS) is 1. The summed E-state index contributed by atoms with van der Waals surface area (Å²) in [5, 5.41) is 8.35. The van der Waals surface area contributed by atoms with Crippen LogP contribution in [0.15, 0.2) is 12.2 Å². The minimum Gasteiger partial charge on any atom is -0.478 e. The Morgan fingerprint density at radius 3 is 2.38 bits per heavy atom. The van der Waals surface area contributed by atoms with E-state index in [0.29, 0.717) is 5.92 Å². The molecule has 1 unspecified atom stereocenters. The first kappa shape index (κ1) is 14.7. The van der Waals surface area contributed by atoms with Crippen LogP contribution in [0.5, 0.6) is 0 Å². The molecular weight excluding hydrogens is 208 g/mol. The zero-order valence-electron chi connectivity index (χ0n) is 10.3. The van der Waals surface area contributed by atoms with E-state index in [1.54, 1.807) is 0 Å². The number of carbonyl (C=O) groups is 2. The Morgan fingerprint density at radius 2 is 1.94 bits per heavy atom. The summed E-state index contributed by atoms with van der Waals surface area (Å²) in [4.78, 5) is 21.5. The van der Waals surface area contributed by atoms with E-state index in [1.165, 1.54) is 0 Å². The fraction of sp³-hybridized carbons (Fsp3) is 0.667. The second-order valence-electron chi connectivity index (χ2n) is 4.57. The molecule has 0 rings (SSSR count). The average molecular weight is 228 g/mol. The summed E-state index contributed by atoms with van der Waals surface area (Å²) in [6, 6.07) is 0. The molecular formula is C12H20O4. The van der Waals surface area contributed by atoms with E-state index >= 15 is 0 Å². The number of carboxylic acids is 1. The van der Waals surface area contributed by atoms with Crippen molar-refractivity contribution >= 4 is 11.9 Å². The molecule has 0 aliphatic carbocycles. The largest absolute Gasteiger partial charge is 0.478 e. The number of hydrogen-bond donors (Lipinski definition) is 1. The van der Waals surface area contributed by atoms with Gasteiger partial charge in [0.05, 0.1) is 0 Å². The molecule has 16 heavy (non-hydrogen) atoms. The molecule has 0 aliphatic rings. The van der Waals surface area contributed by atoms with Crippen LogP contribution in [0.3, 0.4) is 0 Å². The van der Waals surface area contributed by atoms with Gasteiger partial charge < -0.3 is 9.84 Å². The quantitative estimate of drug-likeness (QED) is 0.560. The molecule has 0 amide bonds. The molecule has 1 N–H and O–H groups in total. The number of carbonyl (C=O) groups excluding carboxylic acids is 1. The van der Waals surface area contributed by atoms with Crippen LogP contribution in [0, 0.1) is 5.92 Å². The van der Waals surface area contributed by atoms with Crippen molar-refractivity contribution in [2.45, 2.75) is 46.1 Å². The van der Waals surface area contributed by atoms with Gasteiger partial charge in [0.1, 0.15) is 5.60 Å². The maximum Gasteiger partial charge on any atom is 0.331 e. The maximum absolute atomic E-state index is 11.3. The highest BCUT2D eigenvalue weighted by atomic mass is 16.6. The monoisotopic (exact) mass is 228 g/mol. The molecule has 0 aromatic heterocycles. The van der Waals surface area contributed by atoms with Crippen LogP contribution in [0.4, 0.5) is 0 Å². The van der Waals surface area contributed by atoms with Crippen molar-refractivity contribution in [3.8, 4) is 0 Å². The van der Waals surface area contributed by atoms with Gasteiger partial charge >= 0.3 is 11.9 Å². The SMILES string of the molecule is CCC(C)CC(C)(C)OC(=O)/C=C\C(=O)O. The fourth-order valence-corrected chi connectivity index (χ4v) is 1.47.